The molecule has 0 saturated carbocycles. The van der Waals surface area contributed by atoms with E-state index >= 15 is 0 Å². The minimum Gasteiger partial charge on any atom is -0.319 e. The molecule has 0 fully saturated rings. The van der Waals surface area contributed by atoms with Crippen LogP contribution in [0, 0.1) is 13.8 Å². The number of nitrogens with zero attached hydrogens (tertiary/aromatic N) is 5. The lowest BCUT2D eigenvalue weighted by Crippen LogP contribution is -2.14. The fraction of sp³-hybridized carbons (Fsp3) is 0.643. The van der Waals surface area contributed by atoms with Crippen LogP contribution in [0.2, 0.25) is 0 Å². The molecule has 0 bridgehead atoms. The fourth-order valence-corrected chi connectivity index (χ4v) is 2.45. The predicted molar refractivity (Wildman–Crippen MR) is 78.8 cm³/mol. The van der Waals surface area contributed by atoms with E-state index < -0.39 is 0 Å². The second-order valence-electron chi connectivity index (χ2n) is 5.38. The van der Waals surface area contributed by atoms with Crippen LogP contribution in [0.25, 0.3) is 0 Å². The van der Waals surface area contributed by atoms with Gasteiger partial charge in [0.2, 0.25) is 0 Å². The van der Waals surface area contributed by atoms with Crippen molar-refractivity contribution < 1.29 is 0 Å². The van der Waals surface area contributed by atoms with Gasteiger partial charge < -0.3 is 5.32 Å². The van der Waals surface area contributed by atoms with Crippen LogP contribution in [-0.2, 0) is 13.0 Å². The summed E-state index contributed by atoms with van der Waals surface area (Å²) in [6.07, 6.45) is 2.62. The van der Waals surface area contributed by atoms with Crippen molar-refractivity contribution in [1.29, 1.82) is 0 Å². The van der Waals surface area contributed by atoms with Crippen molar-refractivity contribution in [3.8, 4) is 0 Å². The molecule has 0 aliphatic rings. The molecule has 0 aliphatic heterocycles. The van der Waals surface area contributed by atoms with E-state index in [1.54, 1.807) is 6.33 Å². The molecule has 6 nitrogen and oxygen atoms in total. The SMILES string of the molecule is CNCCc1c(C)nn(Cc2ncnn2C(C)C)c1C. The zero-order valence-corrected chi connectivity index (χ0v) is 13.0. The zero-order valence-electron chi connectivity index (χ0n) is 13.0. The van der Waals surface area contributed by atoms with Crippen LogP contribution < -0.4 is 5.32 Å². The molecule has 6 heteroatoms. The molecule has 0 aliphatic carbocycles. The Hall–Kier alpha value is -1.69. The molecule has 110 valence electrons. The van der Waals surface area contributed by atoms with E-state index in [0.29, 0.717) is 12.6 Å². The van der Waals surface area contributed by atoms with Crippen molar-refractivity contribution in [2.24, 2.45) is 0 Å². The Balaban J connectivity index is 2.23. The molecule has 0 radical (unpaired) electrons. The lowest BCUT2D eigenvalue weighted by atomic mass is 10.1. The highest BCUT2D eigenvalue weighted by molar-refractivity contribution is 5.25. The van der Waals surface area contributed by atoms with Gasteiger partial charge in [-0.3, -0.25) is 4.68 Å². The third-order valence-corrected chi connectivity index (χ3v) is 3.58. The van der Waals surface area contributed by atoms with E-state index in [-0.39, 0.29) is 0 Å². The van der Waals surface area contributed by atoms with Crippen LogP contribution >= 0.6 is 0 Å². The minimum atomic E-state index is 0.313. The molecular formula is C14H24N6. The van der Waals surface area contributed by atoms with Crippen LogP contribution in [0.4, 0.5) is 0 Å². The smallest absolute Gasteiger partial charge is 0.148 e. The van der Waals surface area contributed by atoms with Crippen molar-refractivity contribution in [3.63, 3.8) is 0 Å². The second-order valence-corrected chi connectivity index (χ2v) is 5.38. The molecule has 0 aromatic carbocycles. The molecule has 0 unspecified atom stereocenters. The standard InChI is InChI=1S/C14H24N6/c1-10(2)20-14(16-9-17-20)8-19-12(4)13(6-7-15-5)11(3)18-19/h9-10,15H,6-8H2,1-5H3. The van der Waals surface area contributed by atoms with Gasteiger partial charge in [0.1, 0.15) is 18.7 Å². The van der Waals surface area contributed by atoms with Crippen molar-refractivity contribution in [2.75, 3.05) is 13.6 Å². The Bertz CT molecular complexity index is 566. The van der Waals surface area contributed by atoms with Gasteiger partial charge in [0.25, 0.3) is 0 Å². The molecule has 2 aromatic heterocycles. The number of hydrogen-bond donors (Lipinski definition) is 1. The highest BCUT2D eigenvalue weighted by atomic mass is 15.4. The summed E-state index contributed by atoms with van der Waals surface area (Å²) in [5.41, 5.74) is 3.65. The highest BCUT2D eigenvalue weighted by Gasteiger charge is 2.14. The molecule has 2 heterocycles. The van der Waals surface area contributed by atoms with Gasteiger partial charge >= 0.3 is 0 Å². The maximum Gasteiger partial charge on any atom is 0.148 e. The van der Waals surface area contributed by atoms with Gasteiger partial charge in [-0.2, -0.15) is 10.2 Å². The van der Waals surface area contributed by atoms with E-state index in [1.807, 2.05) is 16.4 Å². The third-order valence-electron chi connectivity index (χ3n) is 3.58. The van der Waals surface area contributed by atoms with Crippen LogP contribution in [-0.4, -0.2) is 38.1 Å². The number of aromatic nitrogens is 5. The average molecular weight is 276 g/mol. The lowest BCUT2D eigenvalue weighted by Gasteiger charge is -2.10. The average Bonchev–Trinajstić information content (AvgIpc) is 2.95. The first-order valence-corrected chi connectivity index (χ1v) is 7.10. The molecule has 1 N–H and O–H groups in total. The van der Waals surface area contributed by atoms with Gasteiger partial charge in [0.05, 0.1) is 5.69 Å². The molecule has 0 spiro atoms. The Labute approximate surface area is 120 Å². The molecule has 2 rings (SSSR count). The van der Waals surface area contributed by atoms with Gasteiger partial charge in [0.15, 0.2) is 0 Å². The Morgan fingerprint density at radius 3 is 2.70 bits per heavy atom. The zero-order chi connectivity index (χ0) is 14.7. The highest BCUT2D eigenvalue weighted by Crippen LogP contribution is 2.15. The van der Waals surface area contributed by atoms with E-state index in [4.69, 9.17) is 0 Å². The van der Waals surface area contributed by atoms with Gasteiger partial charge in [-0.25, -0.2) is 9.67 Å². The van der Waals surface area contributed by atoms with Gasteiger partial charge in [-0.1, -0.05) is 0 Å². The van der Waals surface area contributed by atoms with Crippen molar-refractivity contribution in [3.05, 3.63) is 29.1 Å². The first kappa shape index (κ1) is 14.7. The lowest BCUT2D eigenvalue weighted by molar-refractivity contribution is 0.485. The summed E-state index contributed by atoms with van der Waals surface area (Å²) in [7, 11) is 1.97. The quantitative estimate of drug-likeness (QED) is 0.868. The van der Waals surface area contributed by atoms with Crippen molar-refractivity contribution in [2.45, 2.75) is 46.7 Å². The summed E-state index contributed by atoms with van der Waals surface area (Å²) >= 11 is 0. The molecule has 2 aromatic rings. The fourth-order valence-electron chi connectivity index (χ4n) is 2.45. The van der Waals surface area contributed by atoms with Gasteiger partial charge in [-0.15, -0.1) is 0 Å². The molecule has 20 heavy (non-hydrogen) atoms. The van der Waals surface area contributed by atoms with Crippen LogP contribution in [0.1, 0.15) is 42.7 Å². The first-order chi connectivity index (χ1) is 9.54. The molecule has 0 saturated heterocycles. The van der Waals surface area contributed by atoms with Crippen LogP contribution in [0.5, 0.6) is 0 Å². The molecular weight excluding hydrogens is 252 g/mol. The summed E-state index contributed by atoms with van der Waals surface area (Å²) < 4.78 is 3.98. The summed E-state index contributed by atoms with van der Waals surface area (Å²) in [4.78, 5) is 4.35. The molecule has 0 amide bonds. The van der Waals surface area contributed by atoms with E-state index in [0.717, 1.165) is 24.5 Å². The number of rotatable bonds is 6. The van der Waals surface area contributed by atoms with E-state index in [2.05, 4.69) is 48.2 Å². The van der Waals surface area contributed by atoms with Gasteiger partial charge in [-0.05, 0) is 53.3 Å². The van der Waals surface area contributed by atoms with E-state index in [1.165, 1.54) is 11.3 Å². The third kappa shape index (κ3) is 2.90. The Kier molecular flexibility index (Phi) is 4.54. The predicted octanol–water partition coefficient (Wildman–Crippen LogP) is 1.48. The largest absolute Gasteiger partial charge is 0.319 e. The maximum atomic E-state index is 4.65. The van der Waals surface area contributed by atoms with E-state index in [9.17, 15) is 0 Å². The topological polar surface area (TPSA) is 60.6 Å². The van der Waals surface area contributed by atoms with Gasteiger partial charge in [0, 0.05) is 11.7 Å². The summed E-state index contributed by atoms with van der Waals surface area (Å²) in [5, 5.41) is 12.1. The number of aryl methyl sites for hydroxylation is 1. The monoisotopic (exact) mass is 276 g/mol. The number of likely N-dealkylation sites (N-methyl/N-ethyl adjacent to an activating group) is 1. The first-order valence-electron chi connectivity index (χ1n) is 7.10. The van der Waals surface area contributed by atoms with Crippen LogP contribution in [0.3, 0.4) is 0 Å². The van der Waals surface area contributed by atoms with Crippen molar-refractivity contribution in [1.82, 2.24) is 29.9 Å². The summed E-state index contributed by atoms with van der Waals surface area (Å²) in [6.45, 7) is 10.1. The number of nitrogens with one attached hydrogen (secondary N) is 1. The summed E-state index contributed by atoms with van der Waals surface area (Å²) in [5.74, 6) is 0.950. The minimum absolute atomic E-state index is 0.313. The maximum absolute atomic E-state index is 4.65. The Morgan fingerprint density at radius 1 is 1.30 bits per heavy atom. The Morgan fingerprint density at radius 2 is 2.05 bits per heavy atom. The normalized spacial score (nSPS) is 11.5. The molecule has 0 atom stereocenters. The number of hydrogen-bond acceptors (Lipinski definition) is 4. The van der Waals surface area contributed by atoms with Crippen LogP contribution in [0.15, 0.2) is 6.33 Å². The van der Waals surface area contributed by atoms with Crippen molar-refractivity contribution >= 4 is 0 Å². The summed E-state index contributed by atoms with van der Waals surface area (Å²) in [6, 6.07) is 0.313. The second kappa shape index (κ2) is 6.17.